The van der Waals surface area contributed by atoms with Crippen molar-refractivity contribution < 1.29 is 14.7 Å². The molecule has 2 aromatic carbocycles. The molecule has 0 aliphatic heterocycles. The molecule has 3 N–H and O–H groups in total. The molecule has 0 unspecified atom stereocenters. The van der Waals surface area contributed by atoms with Gasteiger partial charge in [-0.1, -0.05) is 30.3 Å². The maximum atomic E-state index is 12.5. The number of benzene rings is 2. The Morgan fingerprint density at radius 1 is 1.00 bits per heavy atom. The van der Waals surface area contributed by atoms with Gasteiger partial charge in [0.1, 0.15) is 10.6 Å². The van der Waals surface area contributed by atoms with Crippen molar-refractivity contribution in [2.45, 2.75) is 13.3 Å². The fraction of sp³-hybridized carbons (Fsp3) is 0.143. The number of carbonyl (C=O) groups excluding carboxylic acids is 2. The number of anilines is 1. The summed E-state index contributed by atoms with van der Waals surface area (Å²) in [5.41, 5.74) is 2.08. The zero-order chi connectivity index (χ0) is 19.2. The van der Waals surface area contributed by atoms with E-state index >= 15 is 0 Å². The lowest BCUT2D eigenvalue weighted by Crippen LogP contribution is -2.26. The van der Waals surface area contributed by atoms with Crippen molar-refractivity contribution in [2.75, 3.05) is 11.9 Å². The van der Waals surface area contributed by atoms with Gasteiger partial charge < -0.3 is 15.7 Å². The lowest BCUT2D eigenvalue weighted by molar-refractivity contribution is 0.0959. The van der Waals surface area contributed by atoms with Crippen molar-refractivity contribution in [1.82, 2.24) is 5.32 Å². The number of amides is 2. The third-order valence-corrected chi connectivity index (χ3v) is 5.03. The van der Waals surface area contributed by atoms with Crippen LogP contribution in [-0.2, 0) is 6.42 Å². The quantitative estimate of drug-likeness (QED) is 0.605. The van der Waals surface area contributed by atoms with Gasteiger partial charge in [0.25, 0.3) is 11.8 Å². The Hall–Kier alpha value is -3.12. The maximum Gasteiger partial charge on any atom is 0.263 e. The highest BCUT2D eigenvalue weighted by atomic mass is 32.1. The lowest BCUT2D eigenvalue weighted by atomic mass is 10.1. The van der Waals surface area contributed by atoms with Crippen LogP contribution in [0.5, 0.6) is 5.75 Å². The van der Waals surface area contributed by atoms with Gasteiger partial charge in [0.2, 0.25) is 0 Å². The summed E-state index contributed by atoms with van der Waals surface area (Å²) in [7, 11) is 0. The molecular weight excluding hydrogens is 360 g/mol. The van der Waals surface area contributed by atoms with E-state index in [1.54, 1.807) is 42.5 Å². The molecule has 0 aliphatic rings. The highest BCUT2D eigenvalue weighted by molar-refractivity contribution is 7.14. The topological polar surface area (TPSA) is 78.4 Å². The summed E-state index contributed by atoms with van der Waals surface area (Å²) in [6.07, 6.45) is 0.655. The zero-order valence-electron chi connectivity index (χ0n) is 14.9. The average molecular weight is 380 g/mol. The smallest absolute Gasteiger partial charge is 0.263 e. The van der Waals surface area contributed by atoms with E-state index in [1.807, 2.05) is 25.1 Å². The van der Waals surface area contributed by atoms with E-state index in [2.05, 4.69) is 10.6 Å². The van der Waals surface area contributed by atoms with E-state index in [1.165, 1.54) is 11.3 Å². The van der Waals surface area contributed by atoms with Crippen LogP contribution < -0.4 is 10.6 Å². The Morgan fingerprint density at radius 3 is 2.41 bits per heavy atom. The van der Waals surface area contributed by atoms with Crippen LogP contribution in [0.15, 0.2) is 60.7 Å². The summed E-state index contributed by atoms with van der Waals surface area (Å²) < 4.78 is 0. The Morgan fingerprint density at radius 2 is 1.70 bits per heavy atom. The molecule has 1 heterocycles. The minimum absolute atomic E-state index is 0.213. The van der Waals surface area contributed by atoms with Crippen LogP contribution in [0.3, 0.4) is 0 Å². The zero-order valence-corrected chi connectivity index (χ0v) is 15.7. The number of phenols is 1. The SMILES string of the molecule is Cc1cc(NC(=O)c2ccccc2)c(C(=O)NCCc2ccc(O)cc2)s1. The van der Waals surface area contributed by atoms with E-state index < -0.39 is 0 Å². The molecule has 138 valence electrons. The molecule has 1 aromatic heterocycles. The number of hydrogen-bond donors (Lipinski definition) is 3. The molecule has 0 spiro atoms. The minimum Gasteiger partial charge on any atom is -0.508 e. The molecule has 27 heavy (non-hydrogen) atoms. The minimum atomic E-state index is -0.244. The second-order valence-electron chi connectivity index (χ2n) is 6.09. The Labute approximate surface area is 161 Å². The van der Waals surface area contributed by atoms with Gasteiger partial charge in [-0.2, -0.15) is 0 Å². The standard InChI is InChI=1S/C21H20N2O3S/c1-14-13-18(23-20(25)16-5-3-2-4-6-16)19(27-14)21(26)22-12-11-15-7-9-17(24)10-8-15/h2-10,13,24H,11-12H2,1H3,(H,22,26)(H,23,25). The predicted octanol–water partition coefficient (Wildman–Crippen LogP) is 3.99. The Balaban J connectivity index is 1.63. The molecule has 3 aromatic rings. The van der Waals surface area contributed by atoms with Crippen LogP contribution in [0.2, 0.25) is 0 Å². The van der Waals surface area contributed by atoms with Gasteiger partial charge >= 0.3 is 0 Å². The van der Waals surface area contributed by atoms with Crippen molar-refractivity contribution in [3.63, 3.8) is 0 Å². The fourth-order valence-electron chi connectivity index (χ4n) is 2.62. The van der Waals surface area contributed by atoms with Gasteiger partial charge in [0, 0.05) is 17.0 Å². The highest BCUT2D eigenvalue weighted by Gasteiger charge is 2.17. The number of thiophene rings is 1. The highest BCUT2D eigenvalue weighted by Crippen LogP contribution is 2.27. The predicted molar refractivity (Wildman–Crippen MR) is 108 cm³/mol. The van der Waals surface area contributed by atoms with Crippen molar-refractivity contribution in [2.24, 2.45) is 0 Å². The van der Waals surface area contributed by atoms with Crippen molar-refractivity contribution in [3.05, 3.63) is 81.5 Å². The molecule has 3 rings (SSSR count). The van der Waals surface area contributed by atoms with Crippen LogP contribution in [0, 0.1) is 6.92 Å². The number of aromatic hydroxyl groups is 1. The first-order chi connectivity index (χ1) is 13.0. The fourth-order valence-corrected chi connectivity index (χ4v) is 3.51. The first-order valence-corrected chi connectivity index (χ1v) is 9.37. The number of carbonyl (C=O) groups is 2. The molecule has 6 heteroatoms. The molecule has 0 radical (unpaired) electrons. The number of rotatable bonds is 6. The van der Waals surface area contributed by atoms with E-state index in [0.29, 0.717) is 29.1 Å². The van der Waals surface area contributed by atoms with Crippen LogP contribution in [0.1, 0.15) is 30.5 Å². The lowest BCUT2D eigenvalue weighted by Gasteiger charge is -2.08. The third-order valence-electron chi connectivity index (χ3n) is 3.98. The van der Waals surface area contributed by atoms with E-state index in [0.717, 1.165) is 10.4 Å². The van der Waals surface area contributed by atoms with Crippen molar-refractivity contribution >= 4 is 28.8 Å². The summed E-state index contributed by atoms with van der Waals surface area (Å²) in [5.74, 6) is -0.238. The third kappa shape index (κ3) is 4.95. The van der Waals surface area contributed by atoms with E-state index in [4.69, 9.17) is 0 Å². The number of aryl methyl sites for hydroxylation is 1. The van der Waals surface area contributed by atoms with Gasteiger partial charge in [-0.3, -0.25) is 9.59 Å². The molecule has 2 amide bonds. The van der Waals surface area contributed by atoms with Gasteiger partial charge in [-0.05, 0) is 49.2 Å². The van der Waals surface area contributed by atoms with Crippen LogP contribution in [0.25, 0.3) is 0 Å². The van der Waals surface area contributed by atoms with E-state index in [9.17, 15) is 14.7 Å². The normalized spacial score (nSPS) is 10.4. The Bertz CT molecular complexity index is 934. The second-order valence-corrected chi connectivity index (χ2v) is 7.35. The summed E-state index contributed by atoms with van der Waals surface area (Å²) in [5, 5.41) is 15.0. The monoisotopic (exact) mass is 380 g/mol. The maximum absolute atomic E-state index is 12.5. The van der Waals surface area contributed by atoms with Gasteiger partial charge in [0.15, 0.2) is 0 Å². The van der Waals surface area contributed by atoms with Gasteiger partial charge in [0.05, 0.1) is 5.69 Å². The largest absolute Gasteiger partial charge is 0.508 e. The number of phenolic OH excluding ortho intramolecular Hbond substituents is 1. The summed E-state index contributed by atoms with van der Waals surface area (Å²) in [6, 6.07) is 17.6. The molecule has 5 nitrogen and oxygen atoms in total. The van der Waals surface area contributed by atoms with Crippen molar-refractivity contribution in [3.8, 4) is 5.75 Å². The summed E-state index contributed by atoms with van der Waals surface area (Å²) in [4.78, 5) is 26.4. The first-order valence-electron chi connectivity index (χ1n) is 8.56. The second kappa shape index (κ2) is 8.51. The van der Waals surface area contributed by atoms with E-state index in [-0.39, 0.29) is 17.6 Å². The summed E-state index contributed by atoms with van der Waals surface area (Å²) >= 11 is 1.35. The molecule has 0 aliphatic carbocycles. The van der Waals surface area contributed by atoms with Gasteiger partial charge in [-0.15, -0.1) is 11.3 Å². The number of hydrogen-bond acceptors (Lipinski definition) is 4. The van der Waals surface area contributed by atoms with Crippen LogP contribution >= 0.6 is 11.3 Å². The van der Waals surface area contributed by atoms with Crippen LogP contribution in [-0.4, -0.2) is 23.5 Å². The number of nitrogens with one attached hydrogen (secondary N) is 2. The molecular formula is C21H20N2O3S. The van der Waals surface area contributed by atoms with Crippen molar-refractivity contribution in [1.29, 1.82) is 0 Å². The molecule has 0 atom stereocenters. The van der Waals surface area contributed by atoms with Crippen LogP contribution in [0.4, 0.5) is 5.69 Å². The molecule has 0 bridgehead atoms. The summed E-state index contributed by atoms with van der Waals surface area (Å²) in [6.45, 7) is 2.36. The first kappa shape index (κ1) is 18.7. The molecule has 0 saturated heterocycles. The van der Waals surface area contributed by atoms with Gasteiger partial charge in [-0.25, -0.2) is 0 Å². The Kier molecular flexibility index (Phi) is 5.88. The average Bonchev–Trinajstić information content (AvgIpc) is 3.04. The molecule has 0 fully saturated rings. The molecule has 0 saturated carbocycles.